The van der Waals surface area contributed by atoms with Gasteiger partial charge >= 0.3 is 99.8 Å². The van der Waals surface area contributed by atoms with Crippen LogP contribution in [0.5, 0.6) is 0 Å². The average molecular weight is 646 g/mol. The van der Waals surface area contributed by atoms with E-state index < -0.39 is 5.43 Å². The molecule has 39 heavy (non-hydrogen) atoms. The van der Waals surface area contributed by atoms with Crippen LogP contribution in [0.3, 0.4) is 0 Å². The van der Waals surface area contributed by atoms with Crippen LogP contribution in [0.1, 0.15) is 13.8 Å². The molecule has 0 saturated heterocycles. The number of halogens is 2. The van der Waals surface area contributed by atoms with Crippen LogP contribution in [0, 0.1) is 0 Å². The van der Waals surface area contributed by atoms with Crippen molar-refractivity contribution in [1.82, 2.24) is 0 Å². The van der Waals surface area contributed by atoms with Crippen molar-refractivity contribution in [2.24, 2.45) is 0 Å². The predicted octanol–water partition coefficient (Wildman–Crippen LogP) is 1.31. The molecule has 0 aliphatic rings. The number of benzene rings is 4. The normalized spacial score (nSPS) is 9.74. The summed E-state index contributed by atoms with van der Waals surface area (Å²) in [4.78, 5) is 2.43. The second-order valence-electron chi connectivity index (χ2n) is 8.71. The van der Waals surface area contributed by atoms with E-state index in [0.717, 1.165) is 13.1 Å². The van der Waals surface area contributed by atoms with Crippen LogP contribution in [0.4, 0.5) is 5.69 Å². The van der Waals surface area contributed by atoms with Gasteiger partial charge in [0, 0.05) is 18.8 Å². The van der Waals surface area contributed by atoms with Crippen molar-refractivity contribution in [3.63, 3.8) is 0 Å². The summed E-state index contributed by atoms with van der Waals surface area (Å²) in [5, 5.41) is 8.49. The van der Waals surface area contributed by atoms with Crippen LogP contribution < -0.4 is 40.1 Å². The molecule has 6 aromatic rings. The van der Waals surface area contributed by atoms with Gasteiger partial charge in [-0.1, -0.05) is 35.7 Å². The van der Waals surface area contributed by atoms with Gasteiger partial charge in [-0.3, -0.25) is 0 Å². The number of hydrogen-bond acceptors (Lipinski definition) is 1. The minimum absolute atomic E-state index is 0. The number of fused-ring (bicyclic) bond motifs is 3. The van der Waals surface area contributed by atoms with Gasteiger partial charge in [0.25, 0.3) is 0 Å². The number of anilines is 1. The molecule has 0 fully saturated rings. The first-order chi connectivity index (χ1) is 18.2. The maximum absolute atomic E-state index is 2.43. The van der Waals surface area contributed by atoms with Gasteiger partial charge in [0.05, 0.1) is 0 Å². The first-order valence-corrected chi connectivity index (χ1v) is 18.1. The molecule has 0 atom stereocenters. The van der Waals surface area contributed by atoms with E-state index in [1.807, 2.05) is 30.3 Å². The molecule has 0 aliphatic carbocycles. The van der Waals surface area contributed by atoms with E-state index >= 15 is 0 Å². The van der Waals surface area contributed by atoms with Crippen LogP contribution in [-0.4, -0.2) is 18.5 Å². The van der Waals surface area contributed by atoms with Gasteiger partial charge in [-0.25, -0.2) is 12.1 Å². The molecule has 0 saturated carbocycles. The van der Waals surface area contributed by atoms with Crippen molar-refractivity contribution in [3.8, 4) is 0 Å². The fourth-order valence-corrected chi connectivity index (χ4v) is 8.36. The predicted molar refractivity (Wildman–Crippen MR) is 161 cm³/mol. The fraction of sp³-hybridized carbons (Fsp3) is 0.118. The summed E-state index contributed by atoms with van der Waals surface area (Å²) in [5.74, 6) is 0. The smallest absolute Gasteiger partial charge is 0.172 e. The summed E-state index contributed by atoms with van der Waals surface area (Å²) in [6.45, 7) is 6.53. The molecule has 0 unspecified atom stereocenters. The molecule has 1 nitrogen and oxygen atoms in total. The van der Waals surface area contributed by atoms with Crippen molar-refractivity contribution in [2.75, 3.05) is 18.0 Å². The molecule has 198 valence electrons. The van der Waals surface area contributed by atoms with Gasteiger partial charge in [-0.05, 0) is 13.8 Å². The Kier molecular flexibility index (Phi) is 14.6. The molecule has 6 aromatic carbocycles. The van der Waals surface area contributed by atoms with Crippen molar-refractivity contribution in [1.29, 1.82) is 0 Å². The molecule has 0 amide bonds. The first-order valence-electron chi connectivity index (χ1n) is 12.9. The number of rotatable bonds is 5. The van der Waals surface area contributed by atoms with E-state index in [-0.39, 0.29) is 24.8 Å². The molecular weight excluding hydrogens is 613 g/mol. The Morgan fingerprint density at radius 1 is 0.615 bits per heavy atom. The first kappa shape index (κ1) is 32.8. The van der Waals surface area contributed by atoms with Crippen LogP contribution in [-0.2, 0) is 23.3 Å². The van der Waals surface area contributed by atoms with Crippen LogP contribution in [0.15, 0.2) is 140 Å². The quantitative estimate of drug-likeness (QED) is 0.202. The third kappa shape index (κ3) is 8.78. The maximum atomic E-state index is 2.43. The van der Waals surface area contributed by atoms with E-state index in [2.05, 4.69) is 128 Å². The molecule has 0 heterocycles. The summed E-state index contributed by atoms with van der Waals surface area (Å²) < 4.78 is 0. The van der Waals surface area contributed by atoms with Gasteiger partial charge in [-0.2, -0.15) is 18.2 Å². The summed E-state index contributed by atoms with van der Waals surface area (Å²) in [6.07, 6.45) is 0. The largest absolute Gasteiger partial charge is 0.214 e. The summed E-state index contributed by atoms with van der Waals surface area (Å²) >= 11 is 1.64. The van der Waals surface area contributed by atoms with Gasteiger partial charge < -0.3 is 29.7 Å². The van der Waals surface area contributed by atoms with Crippen molar-refractivity contribution < 1.29 is 48.1 Å². The Bertz CT molecular complexity index is 1450. The Morgan fingerprint density at radius 3 is 1.64 bits per heavy atom. The van der Waals surface area contributed by atoms with E-state index in [1.54, 1.807) is 23.3 Å². The Balaban J connectivity index is 0.000000227. The summed E-state index contributed by atoms with van der Waals surface area (Å²) in [6, 6.07) is 49.2. The minimum Gasteiger partial charge on any atom is -0.214 e. The van der Waals surface area contributed by atoms with Gasteiger partial charge in [0.15, 0.2) is 0 Å². The maximum Gasteiger partial charge on any atom is -0.172 e. The zero-order chi connectivity index (χ0) is 25.9. The second kappa shape index (κ2) is 17.3. The van der Waals surface area contributed by atoms with Gasteiger partial charge in [-0.15, -0.1) is 34.4 Å². The molecule has 0 bridgehead atoms. The molecule has 0 N–H and O–H groups in total. The summed E-state index contributed by atoms with van der Waals surface area (Å²) in [7, 11) is 0. The second-order valence-corrected chi connectivity index (χ2v) is 14.3. The fourth-order valence-electron chi connectivity index (χ4n) is 4.51. The van der Waals surface area contributed by atoms with Crippen molar-refractivity contribution >= 4 is 43.0 Å². The van der Waals surface area contributed by atoms with Gasteiger partial charge in [0.2, 0.25) is 0 Å². The molecule has 5 heteroatoms. The molecule has 0 aromatic heterocycles. The summed E-state index contributed by atoms with van der Waals surface area (Å²) in [5.41, 5.74) is 0.905. The minimum atomic E-state index is -0.455. The third-order valence-electron chi connectivity index (χ3n) is 6.40. The average Bonchev–Trinajstić information content (AvgIpc) is 3.67. The monoisotopic (exact) mass is 643 g/mol. The number of hydrogen-bond donors (Lipinski definition) is 0. The zero-order valence-corrected chi connectivity index (χ0v) is 27.4. The van der Waals surface area contributed by atoms with Crippen LogP contribution >= 0.6 is 0 Å². The van der Waals surface area contributed by atoms with E-state index in [9.17, 15) is 0 Å². The van der Waals surface area contributed by atoms with Gasteiger partial charge in [0.1, 0.15) is 0 Å². The van der Waals surface area contributed by atoms with Crippen LogP contribution in [0.2, 0.25) is 0 Å². The van der Waals surface area contributed by atoms with E-state index in [1.165, 1.54) is 37.6 Å². The molecule has 0 radical (unpaired) electrons. The van der Waals surface area contributed by atoms with Crippen LogP contribution in [0.25, 0.3) is 21.5 Å². The third-order valence-corrected chi connectivity index (χ3v) is 12.5. The standard InChI is InChI=1S/C17H18N.C12H10Si.C5H5.2ClH.Zr/c1-3-18(4-2)16-11-7-9-14-12-13-8-5-6-10-15(13)17(14)16;1-3-7-11(8-4-1)13-12-9-5-2-6-10-12;1-2-4-5-3-1;;;/h5-12H,3-4H2,1-2H3;1-10H;1-5H;2*1H;/q-1;;-1;;;+2/p-2. The molecule has 0 aliphatic heterocycles. The molecular formula is C34H33Cl2NSiZr-2. The Labute approximate surface area is 260 Å². The molecule has 0 spiro atoms. The topological polar surface area (TPSA) is 3.24 Å². The zero-order valence-electron chi connectivity index (χ0n) is 22.4. The van der Waals surface area contributed by atoms with E-state index in [0.29, 0.717) is 0 Å². The Hall–Kier alpha value is -2.42. The van der Waals surface area contributed by atoms with E-state index in [4.69, 9.17) is 0 Å². The Morgan fingerprint density at radius 2 is 1.13 bits per heavy atom. The SMILES string of the molecule is CCN(CC)c1cccc2[cH-]c3ccccc3c12.[Cl-].[Cl-].[Zr+2]=[Si](c1ccccc1)c1ccccc1.c1cc[cH-]c1. The van der Waals surface area contributed by atoms with Crippen molar-refractivity contribution in [2.45, 2.75) is 13.8 Å². The molecule has 6 rings (SSSR count). The van der Waals surface area contributed by atoms with Crippen molar-refractivity contribution in [3.05, 3.63) is 140 Å². The number of nitrogens with zero attached hydrogens (tertiary/aromatic N) is 1.